The molecule has 0 spiro atoms. The summed E-state index contributed by atoms with van der Waals surface area (Å²) >= 11 is 0. The lowest BCUT2D eigenvalue weighted by atomic mass is 10.0. The summed E-state index contributed by atoms with van der Waals surface area (Å²) in [7, 11) is 0. The molecule has 2 heteroatoms. The lowest BCUT2D eigenvalue weighted by Gasteiger charge is -2.04. The molecule has 94 valence electrons. The van der Waals surface area contributed by atoms with Crippen molar-refractivity contribution >= 4 is 0 Å². The van der Waals surface area contributed by atoms with Crippen LogP contribution in [0.5, 0.6) is 0 Å². The Hall–Kier alpha value is -2.35. The maximum Gasteiger partial charge on any atom is 0.133 e. The highest BCUT2D eigenvalue weighted by Crippen LogP contribution is 2.21. The highest BCUT2D eigenvalue weighted by molar-refractivity contribution is 5.58. The number of pyridine rings is 1. The molecular weight excluding hydrogens is 234 g/mol. The van der Waals surface area contributed by atoms with Gasteiger partial charge < -0.3 is 4.42 Å². The monoisotopic (exact) mass is 249 g/mol. The van der Waals surface area contributed by atoms with Gasteiger partial charge in [-0.25, -0.2) is 0 Å². The minimum Gasteiger partial charge on any atom is -0.464 e. The first-order valence-corrected chi connectivity index (χ1v) is 6.43. The normalized spacial score (nSPS) is 10.5. The standard InChI is InChI=1S/C17H15NO/c1-3-15(7-6-14-8-10-18-11-9-14)13-16(4-1)17-5-2-12-19-17/h1-5,8-13H,6-7H2. The maximum absolute atomic E-state index is 5.43. The Balaban J connectivity index is 1.74. The van der Waals surface area contributed by atoms with Gasteiger partial charge in [-0.3, -0.25) is 4.98 Å². The molecule has 3 aromatic rings. The summed E-state index contributed by atoms with van der Waals surface area (Å²) in [6.07, 6.45) is 7.45. The van der Waals surface area contributed by atoms with Crippen molar-refractivity contribution in [2.75, 3.05) is 0 Å². The van der Waals surface area contributed by atoms with Crippen molar-refractivity contribution in [3.63, 3.8) is 0 Å². The topological polar surface area (TPSA) is 26.0 Å². The number of aromatic nitrogens is 1. The molecule has 0 unspecified atom stereocenters. The molecule has 0 aliphatic heterocycles. The average Bonchev–Trinajstić information content (AvgIpc) is 3.01. The molecule has 0 amide bonds. The van der Waals surface area contributed by atoms with Crippen molar-refractivity contribution in [1.82, 2.24) is 4.98 Å². The summed E-state index contributed by atoms with van der Waals surface area (Å²) in [4.78, 5) is 4.04. The highest BCUT2D eigenvalue weighted by atomic mass is 16.3. The summed E-state index contributed by atoms with van der Waals surface area (Å²) in [6, 6.07) is 16.6. The van der Waals surface area contributed by atoms with E-state index in [0.717, 1.165) is 24.2 Å². The van der Waals surface area contributed by atoms with E-state index in [4.69, 9.17) is 4.42 Å². The first-order chi connectivity index (χ1) is 9.42. The fourth-order valence-electron chi connectivity index (χ4n) is 2.16. The lowest BCUT2D eigenvalue weighted by Crippen LogP contribution is -1.91. The zero-order chi connectivity index (χ0) is 12.9. The molecule has 0 atom stereocenters. The van der Waals surface area contributed by atoms with Crippen LogP contribution in [0, 0.1) is 0 Å². The zero-order valence-electron chi connectivity index (χ0n) is 10.6. The fraction of sp³-hybridized carbons (Fsp3) is 0.118. The van der Waals surface area contributed by atoms with Crippen LogP contribution in [0.1, 0.15) is 11.1 Å². The van der Waals surface area contributed by atoms with Gasteiger partial charge in [0.1, 0.15) is 5.76 Å². The first-order valence-electron chi connectivity index (χ1n) is 6.43. The van der Waals surface area contributed by atoms with Crippen LogP contribution in [0.4, 0.5) is 0 Å². The van der Waals surface area contributed by atoms with Gasteiger partial charge in [-0.15, -0.1) is 0 Å². The van der Waals surface area contributed by atoms with Gasteiger partial charge in [0.05, 0.1) is 6.26 Å². The SMILES string of the molecule is c1cc(CCc2ccncc2)cc(-c2ccco2)c1. The van der Waals surface area contributed by atoms with Gasteiger partial charge in [0, 0.05) is 18.0 Å². The molecule has 0 fully saturated rings. The Kier molecular flexibility index (Phi) is 3.41. The molecule has 0 N–H and O–H groups in total. The molecule has 0 radical (unpaired) electrons. The molecule has 2 nitrogen and oxygen atoms in total. The zero-order valence-corrected chi connectivity index (χ0v) is 10.6. The molecule has 2 heterocycles. The first kappa shape index (κ1) is 11.7. The third-order valence-electron chi connectivity index (χ3n) is 3.18. The number of hydrogen-bond acceptors (Lipinski definition) is 2. The number of benzene rings is 1. The molecule has 3 rings (SSSR count). The third kappa shape index (κ3) is 2.91. The van der Waals surface area contributed by atoms with E-state index >= 15 is 0 Å². The van der Waals surface area contributed by atoms with Gasteiger partial charge in [-0.1, -0.05) is 18.2 Å². The van der Waals surface area contributed by atoms with Crippen molar-refractivity contribution in [2.45, 2.75) is 12.8 Å². The van der Waals surface area contributed by atoms with E-state index in [0.29, 0.717) is 0 Å². The summed E-state index contributed by atoms with van der Waals surface area (Å²) in [6.45, 7) is 0. The van der Waals surface area contributed by atoms with Crippen LogP contribution in [0.25, 0.3) is 11.3 Å². The maximum atomic E-state index is 5.43. The fourth-order valence-corrected chi connectivity index (χ4v) is 2.16. The van der Waals surface area contributed by atoms with Crippen molar-refractivity contribution in [2.24, 2.45) is 0 Å². The highest BCUT2D eigenvalue weighted by Gasteiger charge is 2.02. The van der Waals surface area contributed by atoms with Crippen molar-refractivity contribution in [1.29, 1.82) is 0 Å². The van der Waals surface area contributed by atoms with Crippen LogP contribution in [0.2, 0.25) is 0 Å². The number of rotatable bonds is 4. The van der Waals surface area contributed by atoms with Crippen LogP contribution >= 0.6 is 0 Å². The number of nitrogens with zero attached hydrogens (tertiary/aromatic N) is 1. The Morgan fingerprint density at radius 2 is 1.68 bits per heavy atom. The van der Waals surface area contributed by atoms with Gasteiger partial charge in [0.2, 0.25) is 0 Å². The smallest absolute Gasteiger partial charge is 0.133 e. The van der Waals surface area contributed by atoms with E-state index in [9.17, 15) is 0 Å². The summed E-state index contributed by atoms with van der Waals surface area (Å²) < 4.78 is 5.43. The van der Waals surface area contributed by atoms with E-state index in [1.54, 1.807) is 6.26 Å². The Morgan fingerprint density at radius 1 is 0.842 bits per heavy atom. The van der Waals surface area contributed by atoms with Crippen molar-refractivity contribution < 1.29 is 4.42 Å². The quantitative estimate of drug-likeness (QED) is 0.695. The molecule has 19 heavy (non-hydrogen) atoms. The summed E-state index contributed by atoms with van der Waals surface area (Å²) in [5.41, 5.74) is 3.78. The molecule has 2 aromatic heterocycles. The third-order valence-corrected chi connectivity index (χ3v) is 3.18. The summed E-state index contributed by atoms with van der Waals surface area (Å²) in [5, 5.41) is 0. The van der Waals surface area contributed by atoms with Gasteiger partial charge in [0.25, 0.3) is 0 Å². The Bertz CT molecular complexity index is 629. The van der Waals surface area contributed by atoms with Gasteiger partial charge in [-0.2, -0.15) is 0 Å². The number of hydrogen-bond donors (Lipinski definition) is 0. The Morgan fingerprint density at radius 3 is 2.47 bits per heavy atom. The van der Waals surface area contributed by atoms with E-state index < -0.39 is 0 Å². The molecule has 0 saturated carbocycles. The van der Waals surface area contributed by atoms with Gasteiger partial charge in [0.15, 0.2) is 0 Å². The van der Waals surface area contributed by atoms with Crippen LogP contribution in [-0.4, -0.2) is 4.98 Å². The second kappa shape index (κ2) is 5.53. The summed E-state index contributed by atoms with van der Waals surface area (Å²) in [5.74, 6) is 0.922. The Labute approximate surface area is 112 Å². The van der Waals surface area contributed by atoms with Crippen LogP contribution in [0.3, 0.4) is 0 Å². The van der Waals surface area contributed by atoms with Crippen LogP contribution in [-0.2, 0) is 12.8 Å². The van der Waals surface area contributed by atoms with Gasteiger partial charge >= 0.3 is 0 Å². The molecule has 0 bridgehead atoms. The van der Waals surface area contributed by atoms with Crippen LogP contribution in [0.15, 0.2) is 71.6 Å². The van der Waals surface area contributed by atoms with E-state index in [2.05, 4.69) is 41.4 Å². The molecule has 1 aromatic carbocycles. The van der Waals surface area contributed by atoms with E-state index in [-0.39, 0.29) is 0 Å². The predicted octanol–water partition coefficient (Wildman–Crippen LogP) is 4.13. The minimum absolute atomic E-state index is 0.922. The van der Waals surface area contributed by atoms with Crippen molar-refractivity contribution in [3.05, 3.63) is 78.3 Å². The lowest BCUT2D eigenvalue weighted by molar-refractivity contribution is 0.582. The van der Waals surface area contributed by atoms with Gasteiger partial charge in [-0.05, 0) is 54.3 Å². The molecule has 0 aliphatic rings. The molecule has 0 saturated heterocycles. The minimum atomic E-state index is 0.922. The second-order valence-electron chi connectivity index (χ2n) is 4.53. The average molecular weight is 249 g/mol. The number of furan rings is 1. The van der Waals surface area contributed by atoms with Crippen LogP contribution < -0.4 is 0 Å². The van der Waals surface area contributed by atoms with E-state index in [1.807, 2.05) is 24.5 Å². The van der Waals surface area contributed by atoms with E-state index in [1.165, 1.54) is 11.1 Å². The number of aryl methyl sites for hydroxylation is 2. The van der Waals surface area contributed by atoms with Crippen molar-refractivity contribution in [3.8, 4) is 11.3 Å². The predicted molar refractivity (Wildman–Crippen MR) is 75.8 cm³/mol. The largest absolute Gasteiger partial charge is 0.464 e. The molecular formula is C17H15NO. The molecule has 0 aliphatic carbocycles. The second-order valence-corrected chi connectivity index (χ2v) is 4.53.